The molecule has 128 valence electrons. The number of nitrogens with zero attached hydrogens (tertiary/aromatic N) is 2. The topological polar surface area (TPSA) is 72.1 Å². The number of guanidine groups is 1. The quantitative estimate of drug-likeness (QED) is 0.397. The molecule has 0 saturated carbocycles. The van der Waals surface area contributed by atoms with Gasteiger partial charge in [-0.05, 0) is 52.1 Å². The maximum absolute atomic E-state index is 6.01. The van der Waals surface area contributed by atoms with Gasteiger partial charge in [-0.15, -0.1) is 0 Å². The zero-order valence-corrected chi connectivity index (χ0v) is 14.0. The lowest BCUT2D eigenvalue weighted by molar-refractivity contribution is -0.0138. The molecule has 0 aromatic carbocycles. The Kier molecular flexibility index (Phi) is 7.42. The molecule has 2 heterocycles. The van der Waals surface area contributed by atoms with E-state index in [0.717, 1.165) is 58.8 Å². The highest BCUT2D eigenvalue weighted by Crippen LogP contribution is 2.31. The Hall–Kier alpha value is -0.850. The van der Waals surface area contributed by atoms with Gasteiger partial charge in [-0.2, -0.15) is 0 Å². The number of aliphatic imine (C=N–C) groups is 1. The molecule has 0 unspecified atom stereocenters. The van der Waals surface area contributed by atoms with Gasteiger partial charge in [0.15, 0.2) is 5.96 Å². The van der Waals surface area contributed by atoms with E-state index in [-0.39, 0.29) is 5.54 Å². The van der Waals surface area contributed by atoms with Crippen molar-refractivity contribution in [1.82, 2.24) is 10.2 Å². The first kappa shape index (κ1) is 17.5. The van der Waals surface area contributed by atoms with E-state index in [0.29, 0.717) is 5.96 Å². The van der Waals surface area contributed by atoms with Crippen molar-refractivity contribution in [3.63, 3.8) is 0 Å². The van der Waals surface area contributed by atoms with E-state index >= 15 is 0 Å². The summed E-state index contributed by atoms with van der Waals surface area (Å²) in [6.07, 6.45) is 5.69. The van der Waals surface area contributed by atoms with Crippen LogP contribution in [0, 0.1) is 0 Å². The number of ether oxygens (including phenoxy) is 2. The minimum Gasteiger partial charge on any atom is -0.382 e. The lowest BCUT2D eigenvalue weighted by atomic mass is 9.88. The molecule has 6 heteroatoms. The largest absolute Gasteiger partial charge is 0.382 e. The molecule has 0 atom stereocenters. The van der Waals surface area contributed by atoms with Crippen LogP contribution in [0.1, 0.15) is 39.0 Å². The maximum Gasteiger partial charge on any atom is 0.188 e. The van der Waals surface area contributed by atoms with Crippen molar-refractivity contribution in [2.24, 2.45) is 10.7 Å². The van der Waals surface area contributed by atoms with Crippen molar-refractivity contribution in [3.8, 4) is 0 Å². The average Bonchev–Trinajstić information content (AvgIpc) is 3.09. The van der Waals surface area contributed by atoms with E-state index < -0.39 is 0 Å². The van der Waals surface area contributed by atoms with Gasteiger partial charge in [-0.3, -0.25) is 9.89 Å². The molecule has 2 aliphatic heterocycles. The van der Waals surface area contributed by atoms with E-state index in [1.807, 2.05) is 6.92 Å². The zero-order chi connectivity index (χ0) is 15.7. The Labute approximate surface area is 134 Å². The normalized spacial score (nSPS) is 22.9. The van der Waals surface area contributed by atoms with Crippen molar-refractivity contribution in [2.75, 3.05) is 52.6 Å². The number of likely N-dealkylation sites (tertiary alicyclic amines) is 1. The molecular formula is C16H32N4O2. The number of hydrogen-bond donors (Lipinski definition) is 2. The molecule has 3 N–H and O–H groups in total. The Morgan fingerprint density at radius 1 is 1.32 bits per heavy atom. The third-order valence-electron chi connectivity index (χ3n) is 4.72. The SMILES string of the molecule is CCOCCCNC(N)=NCC1(N2CCCC2)CCOCC1. The summed E-state index contributed by atoms with van der Waals surface area (Å²) in [6.45, 7) is 9.20. The molecule has 2 fully saturated rings. The average molecular weight is 312 g/mol. The van der Waals surface area contributed by atoms with Crippen LogP contribution in [0.15, 0.2) is 4.99 Å². The summed E-state index contributed by atoms with van der Waals surface area (Å²) in [6, 6.07) is 0. The minimum absolute atomic E-state index is 0.159. The van der Waals surface area contributed by atoms with Gasteiger partial charge in [0, 0.05) is 38.5 Å². The summed E-state index contributed by atoms with van der Waals surface area (Å²) in [7, 11) is 0. The molecule has 0 bridgehead atoms. The second-order valence-electron chi connectivity index (χ2n) is 6.21. The van der Waals surface area contributed by atoms with Gasteiger partial charge in [0.2, 0.25) is 0 Å². The van der Waals surface area contributed by atoms with Crippen LogP contribution in [0.5, 0.6) is 0 Å². The van der Waals surface area contributed by atoms with Crippen LogP contribution < -0.4 is 11.1 Å². The monoisotopic (exact) mass is 312 g/mol. The highest BCUT2D eigenvalue weighted by atomic mass is 16.5. The van der Waals surface area contributed by atoms with Crippen LogP contribution in [0.2, 0.25) is 0 Å². The lowest BCUT2D eigenvalue weighted by Gasteiger charge is -2.43. The first-order valence-electron chi connectivity index (χ1n) is 8.71. The van der Waals surface area contributed by atoms with Gasteiger partial charge in [-0.1, -0.05) is 0 Å². The second-order valence-corrected chi connectivity index (χ2v) is 6.21. The second kappa shape index (κ2) is 9.33. The molecule has 0 radical (unpaired) electrons. The van der Waals surface area contributed by atoms with E-state index in [9.17, 15) is 0 Å². The molecular weight excluding hydrogens is 280 g/mol. The minimum atomic E-state index is 0.159. The van der Waals surface area contributed by atoms with Gasteiger partial charge in [0.05, 0.1) is 6.54 Å². The van der Waals surface area contributed by atoms with Crippen LogP contribution in [0.25, 0.3) is 0 Å². The summed E-state index contributed by atoms with van der Waals surface area (Å²) in [4.78, 5) is 7.24. The number of nitrogens with one attached hydrogen (secondary N) is 1. The highest BCUT2D eigenvalue weighted by molar-refractivity contribution is 5.77. The Morgan fingerprint density at radius 3 is 2.73 bits per heavy atom. The lowest BCUT2D eigenvalue weighted by Crippen LogP contribution is -2.53. The molecule has 2 aliphatic rings. The van der Waals surface area contributed by atoms with Crippen LogP contribution in [0.3, 0.4) is 0 Å². The van der Waals surface area contributed by atoms with Crippen molar-refractivity contribution in [1.29, 1.82) is 0 Å². The molecule has 0 aromatic heterocycles. The molecule has 2 rings (SSSR count). The molecule has 0 aromatic rings. The fourth-order valence-electron chi connectivity index (χ4n) is 3.34. The standard InChI is InChI=1S/C16H32N4O2/c1-2-21-11-5-8-18-15(17)19-14-16(6-12-22-13-7-16)20-9-3-4-10-20/h2-14H2,1H3,(H3,17,18,19). The molecule has 6 nitrogen and oxygen atoms in total. The van der Waals surface area contributed by atoms with Crippen LogP contribution in [0.4, 0.5) is 0 Å². The van der Waals surface area contributed by atoms with Crippen molar-refractivity contribution in [3.05, 3.63) is 0 Å². The molecule has 0 spiro atoms. The van der Waals surface area contributed by atoms with Crippen LogP contribution >= 0.6 is 0 Å². The third kappa shape index (κ3) is 5.11. The molecule has 2 saturated heterocycles. The van der Waals surface area contributed by atoms with Gasteiger partial charge in [0.25, 0.3) is 0 Å². The summed E-state index contributed by atoms with van der Waals surface area (Å²) in [5.41, 5.74) is 6.17. The number of nitrogens with two attached hydrogens (primary N) is 1. The zero-order valence-electron chi connectivity index (χ0n) is 14.0. The van der Waals surface area contributed by atoms with Gasteiger partial charge < -0.3 is 20.5 Å². The van der Waals surface area contributed by atoms with E-state index in [2.05, 4.69) is 15.2 Å². The number of hydrogen-bond acceptors (Lipinski definition) is 4. The van der Waals surface area contributed by atoms with Gasteiger partial charge in [0.1, 0.15) is 0 Å². The summed E-state index contributed by atoms with van der Waals surface area (Å²) in [5, 5.41) is 3.19. The molecule has 22 heavy (non-hydrogen) atoms. The Bertz CT molecular complexity index is 337. The molecule has 0 aliphatic carbocycles. The predicted octanol–water partition coefficient (Wildman–Crippen LogP) is 0.962. The van der Waals surface area contributed by atoms with E-state index in [4.69, 9.17) is 15.2 Å². The maximum atomic E-state index is 6.01. The Morgan fingerprint density at radius 2 is 2.05 bits per heavy atom. The molecule has 0 amide bonds. The van der Waals surface area contributed by atoms with Crippen molar-refractivity contribution >= 4 is 5.96 Å². The van der Waals surface area contributed by atoms with Crippen molar-refractivity contribution < 1.29 is 9.47 Å². The van der Waals surface area contributed by atoms with Crippen molar-refractivity contribution in [2.45, 2.75) is 44.6 Å². The van der Waals surface area contributed by atoms with Crippen LogP contribution in [-0.4, -0.2) is 69.0 Å². The fourth-order valence-corrected chi connectivity index (χ4v) is 3.34. The van der Waals surface area contributed by atoms with Gasteiger partial charge in [-0.25, -0.2) is 0 Å². The van der Waals surface area contributed by atoms with E-state index in [1.54, 1.807) is 0 Å². The van der Waals surface area contributed by atoms with Crippen LogP contribution in [-0.2, 0) is 9.47 Å². The first-order chi connectivity index (χ1) is 10.8. The predicted molar refractivity (Wildman–Crippen MR) is 89.2 cm³/mol. The van der Waals surface area contributed by atoms with Gasteiger partial charge >= 0.3 is 0 Å². The summed E-state index contributed by atoms with van der Waals surface area (Å²) in [5.74, 6) is 0.557. The third-order valence-corrected chi connectivity index (χ3v) is 4.72. The smallest absolute Gasteiger partial charge is 0.188 e. The number of rotatable bonds is 8. The van der Waals surface area contributed by atoms with E-state index in [1.165, 1.54) is 25.9 Å². The highest BCUT2D eigenvalue weighted by Gasteiger charge is 2.39. The summed E-state index contributed by atoms with van der Waals surface area (Å²) < 4.78 is 10.9. The first-order valence-corrected chi connectivity index (χ1v) is 8.71. The Balaban J connectivity index is 1.80. The summed E-state index contributed by atoms with van der Waals surface area (Å²) >= 11 is 0. The fraction of sp³-hybridized carbons (Fsp3) is 0.938.